The second kappa shape index (κ2) is 5.92. The minimum Gasteiger partial charge on any atom is -0.309 e. The molecule has 1 aromatic carbocycles. The Morgan fingerprint density at radius 3 is 2.47 bits per heavy atom. The number of thioether (sulfide) groups is 1. The fourth-order valence-corrected chi connectivity index (χ4v) is 2.40. The second-order valence-electron chi connectivity index (χ2n) is 5.18. The smallest absolute Gasteiger partial charge is 0.0349 e. The van der Waals surface area contributed by atoms with Crippen molar-refractivity contribution in [3.8, 4) is 0 Å². The van der Waals surface area contributed by atoms with Crippen molar-refractivity contribution in [3.05, 3.63) is 35.4 Å². The van der Waals surface area contributed by atoms with Crippen LogP contribution in [0.1, 0.15) is 36.9 Å². The van der Waals surface area contributed by atoms with Crippen LogP contribution in [-0.4, -0.2) is 18.1 Å². The first-order valence-electron chi connectivity index (χ1n) is 6.53. The van der Waals surface area contributed by atoms with E-state index >= 15 is 0 Å². The molecule has 2 heteroatoms. The van der Waals surface area contributed by atoms with Gasteiger partial charge in [0.15, 0.2) is 0 Å². The molecule has 0 aromatic heterocycles. The van der Waals surface area contributed by atoms with E-state index in [0.717, 1.165) is 12.5 Å². The van der Waals surface area contributed by atoms with E-state index in [1.807, 2.05) is 11.8 Å². The van der Waals surface area contributed by atoms with Crippen molar-refractivity contribution >= 4 is 11.8 Å². The highest BCUT2D eigenvalue weighted by Gasteiger charge is 2.31. The van der Waals surface area contributed by atoms with Gasteiger partial charge in [-0.1, -0.05) is 36.8 Å². The van der Waals surface area contributed by atoms with Gasteiger partial charge in [-0.2, -0.15) is 11.8 Å². The van der Waals surface area contributed by atoms with Gasteiger partial charge >= 0.3 is 0 Å². The molecule has 1 aliphatic carbocycles. The highest BCUT2D eigenvalue weighted by atomic mass is 32.2. The van der Waals surface area contributed by atoms with Crippen molar-refractivity contribution in [3.63, 3.8) is 0 Å². The fraction of sp³-hybridized carbons (Fsp3) is 0.600. The van der Waals surface area contributed by atoms with Crippen LogP contribution in [0.2, 0.25) is 0 Å². The summed E-state index contributed by atoms with van der Waals surface area (Å²) < 4.78 is 0. The summed E-state index contributed by atoms with van der Waals surface area (Å²) in [5, 5.41) is 4.44. The maximum atomic E-state index is 3.75. The first-order valence-corrected chi connectivity index (χ1v) is 7.82. The molecule has 94 valence electrons. The molecular weight excluding hydrogens is 226 g/mol. The van der Waals surface area contributed by atoms with Crippen LogP contribution < -0.4 is 5.32 Å². The molecule has 1 fully saturated rings. The van der Waals surface area contributed by atoms with Crippen LogP contribution >= 0.6 is 11.8 Å². The van der Waals surface area contributed by atoms with Crippen LogP contribution in [-0.2, 0) is 0 Å². The summed E-state index contributed by atoms with van der Waals surface area (Å²) in [4.78, 5) is 0. The Hall–Kier alpha value is -0.470. The molecule has 17 heavy (non-hydrogen) atoms. The van der Waals surface area contributed by atoms with Crippen LogP contribution in [0, 0.1) is 12.8 Å². The van der Waals surface area contributed by atoms with Gasteiger partial charge < -0.3 is 5.32 Å². The van der Waals surface area contributed by atoms with Gasteiger partial charge in [-0.15, -0.1) is 0 Å². The van der Waals surface area contributed by atoms with Gasteiger partial charge in [0, 0.05) is 17.8 Å². The Kier molecular flexibility index (Phi) is 4.52. The summed E-state index contributed by atoms with van der Waals surface area (Å²) in [6.07, 6.45) is 4.96. The van der Waals surface area contributed by atoms with Crippen LogP contribution in [0.25, 0.3) is 0 Å². The predicted octanol–water partition coefficient (Wildman–Crippen LogP) is 3.79. The van der Waals surface area contributed by atoms with Gasteiger partial charge in [0.25, 0.3) is 0 Å². The lowest BCUT2D eigenvalue weighted by molar-refractivity contribution is 0.484. The average molecular weight is 249 g/mol. The maximum absolute atomic E-state index is 3.75. The minimum absolute atomic E-state index is 0.574. The molecule has 1 nitrogen and oxygen atoms in total. The van der Waals surface area contributed by atoms with Crippen molar-refractivity contribution in [2.24, 2.45) is 5.92 Å². The third-order valence-corrected chi connectivity index (χ3v) is 4.53. The van der Waals surface area contributed by atoms with Crippen LogP contribution in [0.3, 0.4) is 0 Å². The van der Waals surface area contributed by atoms with E-state index in [-0.39, 0.29) is 0 Å². The lowest BCUT2D eigenvalue weighted by Crippen LogP contribution is -2.28. The number of aryl methyl sites for hydroxylation is 1. The molecule has 1 aromatic rings. The summed E-state index contributed by atoms with van der Waals surface area (Å²) in [7, 11) is 0. The molecule has 0 bridgehead atoms. The zero-order valence-corrected chi connectivity index (χ0v) is 11.9. The van der Waals surface area contributed by atoms with Gasteiger partial charge in [0.1, 0.15) is 0 Å². The summed E-state index contributed by atoms with van der Waals surface area (Å²) in [5.41, 5.74) is 2.81. The highest BCUT2D eigenvalue weighted by molar-refractivity contribution is 7.99. The zero-order valence-electron chi connectivity index (χ0n) is 11.1. The third kappa shape index (κ3) is 3.75. The minimum atomic E-state index is 0.574. The quantitative estimate of drug-likeness (QED) is 0.823. The summed E-state index contributed by atoms with van der Waals surface area (Å²) in [5.74, 6) is 0.867. The van der Waals surface area contributed by atoms with Crippen molar-refractivity contribution in [2.75, 3.05) is 12.8 Å². The average Bonchev–Trinajstić information content (AvgIpc) is 3.15. The van der Waals surface area contributed by atoms with E-state index in [1.165, 1.54) is 24.0 Å². The number of rotatable bonds is 6. The molecule has 0 amide bonds. The molecule has 0 spiro atoms. The fourth-order valence-electron chi connectivity index (χ4n) is 2.14. The standard InChI is InChI=1S/C15H23NS/c1-11-4-6-13(7-5-11)15(14-8-9-14)16-10-12(2)17-3/h4-7,12,14-16H,8-10H2,1-3H3. The molecule has 1 aliphatic rings. The maximum Gasteiger partial charge on any atom is 0.0349 e. The molecule has 1 N–H and O–H groups in total. The van der Waals surface area contributed by atoms with Crippen LogP contribution in [0.5, 0.6) is 0 Å². The van der Waals surface area contributed by atoms with Gasteiger partial charge in [0.05, 0.1) is 0 Å². The molecule has 2 rings (SSSR count). The topological polar surface area (TPSA) is 12.0 Å². The Morgan fingerprint density at radius 2 is 1.94 bits per heavy atom. The molecule has 0 heterocycles. The number of nitrogens with one attached hydrogen (secondary N) is 1. The third-order valence-electron chi connectivity index (χ3n) is 3.56. The van der Waals surface area contributed by atoms with Crippen molar-refractivity contribution in [2.45, 2.75) is 38.0 Å². The largest absolute Gasteiger partial charge is 0.309 e. The van der Waals surface area contributed by atoms with E-state index in [1.54, 1.807) is 0 Å². The molecule has 0 aliphatic heterocycles. The van der Waals surface area contributed by atoms with Gasteiger partial charge in [-0.05, 0) is 37.5 Å². The van der Waals surface area contributed by atoms with E-state index < -0.39 is 0 Å². The van der Waals surface area contributed by atoms with E-state index in [4.69, 9.17) is 0 Å². The zero-order chi connectivity index (χ0) is 12.3. The molecular formula is C15H23NS. The lowest BCUT2D eigenvalue weighted by Gasteiger charge is -2.21. The number of benzene rings is 1. The Bertz CT molecular complexity index is 342. The summed E-state index contributed by atoms with van der Waals surface area (Å²) in [6.45, 7) is 5.55. The SMILES string of the molecule is CSC(C)CNC(c1ccc(C)cc1)C1CC1. The molecule has 1 saturated carbocycles. The normalized spacial score (nSPS) is 19.0. The summed E-state index contributed by atoms with van der Waals surface area (Å²) >= 11 is 1.93. The predicted molar refractivity (Wildman–Crippen MR) is 77.6 cm³/mol. The Balaban J connectivity index is 1.99. The summed E-state index contributed by atoms with van der Waals surface area (Å²) in [6, 6.07) is 9.60. The first kappa shape index (κ1) is 13.0. The lowest BCUT2D eigenvalue weighted by atomic mass is 10.0. The van der Waals surface area contributed by atoms with Crippen LogP contribution in [0.4, 0.5) is 0 Å². The van der Waals surface area contributed by atoms with Gasteiger partial charge in [0.2, 0.25) is 0 Å². The molecule has 2 atom stereocenters. The molecule has 0 saturated heterocycles. The highest BCUT2D eigenvalue weighted by Crippen LogP contribution is 2.41. The number of hydrogen-bond acceptors (Lipinski definition) is 2. The molecule has 2 unspecified atom stereocenters. The van der Waals surface area contributed by atoms with Crippen molar-refractivity contribution in [1.82, 2.24) is 5.32 Å². The number of hydrogen-bond donors (Lipinski definition) is 1. The monoisotopic (exact) mass is 249 g/mol. The van der Waals surface area contributed by atoms with Crippen molar-refractivity contribution in [1.29, 1.82) is 0 Å². The second-order valence-corrected chi connectivity index (χ2v) is 6.46. The van der Waals surface area contributed by atoms with Crippen molar-refractivity contribution < 1.29 is 0 Å². The van der Waals surface area contributed by atoms with Gasteiger partial charge in [-0.25, -0.2) is 0 Å². The van der Waals surface area contributed by atoms with Gasteiger partial charge in [-0.3, -0.25) is 0 Å². The Labute approximate surface area is 109 Å². The van der Waals surface area contributed by atoms with E-state index in [0.29, 0.717) is 11.3 Å². The van der Waals surface area contributed by atoms with E-state index in [2.05, 4.69) is 49.7 Å². The van der Waals surface area contributed by atoms with Crippen LogP contribution in [0.15, 0.2) is 24.3 Å². The Morgan fingerprint density at radius 1 is 1.29 bits per heavy atom. The molecule has 0 radical (unpaired) electrons. The van der Waals surface area contributed by atoms with E-state index in [9.17, 15) is 0 Å². The first-order chi connectivity index (χ1) is 8.20.